The highest BCUT2D eigenvalue weighted by atomic mass is 32.2. The van der Waals surface area contributed by atoms with Crippen LogP contribution < -0.4 is 5.32 Å². The molecule has 0 amide bonds. The van der Waals surface area contributed by atoms with E-state index in [4.69, 9.17) is 4.74 Å². The molecular weight excluding hydrogens is 264 g/mol. The molecule has 19 heavy (non-hydrogen) atoms. The van der Waals surface area contributed by atoms with Crippen molar-refractivity contribution >= 4 is 17.7 Å². The maximum Gasteiger partial charge on any atom is 0.325 e. The summed E-state index contributed by atoms with van der Waals surface area (Å²) >= 11 is 1.60. The van der Waals surface area contributed by atoms with Crippen LogP contribution >= 0.6 is 11.8 Å². The van der Waals surface area contributed by atoms with Crippen molar-refractivity contribution in [2.45, 2.75) is 42.9 Å². The third-order valence-corrected chi connectivity index (χ3v) is 4.28. The Kier molecular flexibility index (Phi) is 4.46. The topological polar surface area (TPSA) is 69.0 Å². The van der Waals surface area contributed by atoms with Gasteiger partial charge in [0.25, 0.3) is 0 Å². The summed E-state index contributed by atoms with van der Waals surface area (Å²) in [6.45, 7) is 1.91. The first-order valence-corrected chi connectivity index (χ1v) is 7.36. The molecule has 0 aliphatic heterocycles. The smallest absolute Gasteiger partial charge is 0.325 e. The number of ether oxygens (including phenoxy) is 1. The van der Waals surface area contributed by atoms with Gasteiger partial charge in [0.15, 0.2) is 5.16 Å². The van der Waals surface area contributed by atoms with Crippen molar-refractivity contribution < 1.29 is 9.53 Å². The normalized spacial score (nSPS) is 18.1. The maximum atomic E-state index is 11.9. The first-order valence-electron chi connectivity index (χ1n) is 6.38. The van der Waals surface area contributed by atoms with Crippen molar-refractivity contribution in [2.75, 3.05) is 12.9 Å². The number of nitrogens with zero attached hydrogens (tertiary/aromatic N) is 3. The molecule has 106 valence electrons. The molecule has 1 atom stereocenters. The predicted octanol–water partition coefficient (Wildman–Crippen LogP) is 0.981. The van der Waals surface area contributed by atoms with Gasteiger partial charge in [0, 0.05) is 18.8 Å². The summed E-state index contributed by atoms with van der Waals surface area (Å²) in [7, 11) is 3.29. The molecule has 0 radical (unpaired) electrons. The molecule has 6 nitrogen and oxygen atoms in total. The van der Waals surface area contributed by atoms with E-state index in [1.807, 2.05) is 14.0 Å². The second kappa shape index (κ2) is 5.92. The van der Waals surface area contributed by atoms with Gasteiger partial charge in [-0.15, -0.1) is 0 Å². The number of carbonyl (C=O) groups excluding carboxylic acids is 1. The lowest BCUT2D eigenvalue weighted by molar-refractivity contribution is -0.148. The van der Waals surface area contributed by atoms with Crippen LogP contribution in [-0.2, 0) is 16.6 Å². The first-order chi connectivity index (χ1) is 9.05. The fraction of sp³-hybridized carbons (Fsp3) is 0.750. The van der Waals surface area contributed by atoms with Crippen molar-refractivity contribution in [3.8, 4) is 0 Å². The Hall–Kier alpha value is -1.08. The highest BCUT2D eigenvalue weighted by Gasteiger charge is 2.39. The minimum atomic E-state index is -0.610. The van der Waals surface area contributed by atoms with Gasteiger partial charge < -0.3 is 4.74 Å². The van der Waals surface area contributed by atoms with Gasteiger partial charge in [-0.25, -0.2) is 9.67 Å². The summed E-state index contributed by atoms with van der Waals surface area (Å²) in [5.74, 6) is 0.593. The largest absolute Gasteiger partial charge is 0.468 e. The van der Waals surface area contributed by atoms with Gasteiger partial charge >= 0.3 is 5.97 Å². The number of carbonyl (C=O) groups is 1. The Bertz CT molecular complexity index is 447. The number of aryl methyl sites for hydroxylation is 1. The minimum Gasteiger partial charge on any atom is -0.468 e. The molecule has 0 saturated heterocycles. The number of nitrogens with one attached hydrogen (secondary N) is 1. The van der Waals surface area contributed by atoms with Gasteiger partial charge in [0.05, 0.1) is 7.11 Å². The zero-order valence-corrected chi connectivity index (χ0v) is 12.4. The molecule has 1 aliphatic carbocycles. The summed E-state index contributed by atoms with van der Waals surface area (Å²) in [4.78, 5) is 16.1. The van der Waals surface area contributed by atoms with Gasteiger partial charge in [-0.3, -0.25) is 10.1 Å². The van der Waals surface area contributed by atoms with E-state index in [2.05, 4.69) is 15.4 Å². The van der Waals surface area contributed by atoms with Crippen molar-refractivity contribution in [1.29, 1.82) is 0 Å². The summed E-state index contributed by atoms with van der Waals surface area (Å²) in [6.07, 6.45) is 4.52. The molecule has 1 aliphatic rings. The Balaban J connectivity index is 1.88. The second-order valence-corrected chi connectivity index (χ2v) is 6.07. The van der Waals surface area contributed by atoms with Gasteiger partial charge in [0.1, 0.15) is 11.9 Å². The maximum absolute atomic E-state index is 11.9. The summed E-state index contributed by atoms with van der Waals surface area (Å²) in [6, 6.07) is 0.462. The molecule has 1 N–H and O–H groups in total. The molecule has 1 unspecified atom stereocenters. The molecule has 1 saturated carbocycles. The standard InChI is InChI=1S/C12H20N4O2S/c1-12(10(17)18-3,15-9-4-5-9)6-7-19-11-13-8-14-16(11)2/h8-9,15H,4-7H2,1-3H3. The fourth-order valence-corrected chi connectivity index (χ4v) is 2.95. The average molecular weight is 284 g/mol. The van der Waals surface area contributed by atoms with Crippen LogP contribution in [0.3, 0.4) is 0 Å². The predicted molar refractivity (Wildman–Crippen MR) is 72.9 cm³/mol. The van der Waals surface area contributed by atoms with Gasteiger partial charge in [-0.1, -0.05) is 11.8 Å². The molecular formula is C12H20N4O2S. The number of hydrogen-bond acceptors (Lipinski definition) is 6. The average Bonchev–Trinajstić information content (AvgIpc) is 3.10. The number of methoxy groups -OCH3 is 1. The van der Waals surface area contributed by atoms with E-state index in [1.165, 1.54) is 13.4 Å². The molecule has 7 heteroatoms. The van der Waals surface area contributed by atoms with E-state index in [9.17, 15) is 4.79 Å². The Morgan fingerprint density at radius 3 is 2.95 bits per heavy atom. The molecule has 2 rings (SSSR count). The van der Waals surface area contributed by atoms with Crippen LogP contribution in [-0.4, -0.2) is 45.2 Å². The molecule has 0 aromatic carbocycles. The Morgan fingerprint density at radius 2 is 2.42 bits per heavy atom. The zero-order valence-electron chi connectivity index (χ0n) is 11.5. The van der Waals surface area contributed by atoms with Crippen LogP contribution in [0.2, 0.25) is 0 Å². The summed E-state index contributed by atoms with van der Waals surface area (Å²) < 4.78 is 6.64. The highest BCUT2D eigenvalue weighted by molar-refractivity contribution is 7.99. The molecule has 1 fully saturated rings. The van der Waals surface area contributed by atoms with Crippen LogP contribution in [0.4, 0.5) is 0 Å². The first kappa shape index (κ1) is 14.3. The van der Waals surface area contributed by atoms with Crippen molar-refractivity contribution in [3.63, 3.8) is 0 Å². The SMILES string of the molecule is COC(=O)C(C)(CCSc1ncnn1C)NC1CC1. The lowest BCUT2D eigenvalue weighted by Gasteiger charge is -2.27. The minimum absolute atomic E-state index is 0.196. The number of thioether (sulfide) groups is 1. The van der Waals surface area contributed by atoms with Gasteiger partial charge in [-0.05, 0) is 26.2 Å². The fourth-order valence-electron chi connectivity index (χ4n) is 1.90. The monoisotopic (exact) mass is 284 g/mol. The van der Waals surface area contributed by atoms with Crippen LogP contribution in [0, 0.1) is 0 Å². The van der Waals surface area contributed by atoms with Crippen molar-refractivity contribution in [2.24, 2.45) is 7.05 Å². The Labute approximate surface area is 117 Å². The van der Waals surface area contributed by atoms with Crippen molar-refractivity contribution in [3.05, 3.63) is 6.33 Å². The molecule has 1 aromatic heterocycles. The number of hydrogen-bond donors (Lipinski definition) is 1. The summed E-state index contributed by atoms with van der Waals surface area (Å²) in [5.41, 5.74) is -0.610. The molecule has 0 spiro atoms. The quantitative estimate of drug-likeness (QED) is 0.594. The summed E-state index contributed by atoms with van der Waals surface area (Å²) in [5, 5.41) is 8.26. The lowest BCUT2D eigenvalue weighted by Crippen LogP contribution is -2.51. The van der Waals surface area contributed by atoms with E-state index in [1.54, 1.807) is 16.4 Å². The molecule has 1 aromatic rings. The third kappa shape index (κ3) is 3.70. The molecule has 1 heterocycles. The van der Waals surface area contributed by atoms with E-state index in [-0.39, 0.29) is 5.97 Å². The van der Waals surface area contributed by atoms with Crippen LogP contribution in [0.1, 0.15) is 26.2 Å². The van der Waals surface area contributed by atoms with Gasteiger partial charge in [-0.2, -0.15) is 5.10 Å². The lowest BCUT2D eigenvalue weighted by atomic mass is 9.99. The van der Waals surface area contributed by atoms with E-state index in [0.29, 0.717) is 12.5 Å². The van der Waals surface area contributed by atoms with E-state index < -0.39 is 5.54 Å². The Morgan fingerprint density at radius 1 is 1.68 bits per heavy atom. The highest BCUT2D eigenvalue weighted by Crippen LogP contribution is 2.26. The van der Waals surface area contributed by atoms with Crippen molar-refractivity contribution in [1.82, 2.24) is 20.1 Å². The third-order valence-electron chi connectivity index (χ3n) is 3.24. The van der Waals surface area contributed by atoms with Crippen LogP contribution in [0.5, 0.6) is 0 Å². The number of aromatic nitrogens is 3. The van der Waals surface area contributed by atoms with E-state index in [0.717, 1.165) is 23.8 Å². The number of rotatable bonds is 7. The molecule has 0 bridgehead atoms. The van der Waals surface area contributed by atoms with Gasteiger partial charge in [0.2, 0.25) is 0 Å². The van der Waals surface area contributed by atoms with E-state index >= 15 is 0 Å². The zero-order chi connectivity index (χ0) is 13.9. The van der Waals surface area contributed by atoms with Crippen LogP contribution in [0.25, 0.3) is 0 Å². The second-order valence-electron chi connectivity index (χ2n) is 5.01. The van der Waals surface area contributed by atoms with Crippen LogP contribution in [0.15, 0.2) is 11.5 Å². The number of esters is 1.